The molecule has 0 aliphatic carbocycles. The van der Waals surface area contributed by atoms with E-state index in [0.717, 1.165) is 43.8 Å². The number of benzene rings is 1. The highest BCUT2D eigenvalue weighted by atomic mass is 15.2. The lowest BCUT2D eigenvalue weighted by Gasteiger charge is -2.27. The number of rotatable bonds is 5. The molecule has 1 aliphatic rings. The highest BCUT2D eigenvalue weighted by Crippen LogP contribution is 2.11. The lowest BCUT2D eigenvalue weighted by molar-refractivity contribution is 0.241. The summed E-state index contributed by atoms with van der Waals surface area (Å²) < 4.78 is 0. The van der Waals surface area contributed by atoms with Crippen LogP contribution in [-0.2, 0) is 6.54 Å². The van der Waals surface area contributed by atoms with Crippen LogP contribution in [0.4, 0.5) is 0 Å². The van der Waals surface area contributed by atoms with E-state index < -0.39 is 0 Å². The summed E-state index contributed by atoms with van der Waals surface area (Å²) in [4.78, 5) is 9.88. The number of hydrogen-bond acceptors (Lipinski definition) is 4. The molecule has 0 atom stereocenters. The summed E-state index contributed by atoms with van der Waals surface area (Å²) in [5, 5.41) is 6.88. The lowest BCUT2D eigenvalue weighted by atomic mass is 10.2. The standard InChI is InChI=1S/C14H21N5/c1-2-13-14(18-11-17-13)9-12(1)10-16-5-8-19-6-3-15-4-7-19/h1-2,9,11,15-16H,3-8,10H2,(H,17,18). The predicted octanol–water partition coefficient (Wildman–Crippen LogP) is 0.558. The van der Waals surface area contributed by atoms with Crippen LogP contribution in [0.5, 0.6) is 0 Å². The molecule has 3 N–H and O–H groups in total. The van der Waals surface area contributed by atoms with Gasteiger partial charge >= 0.3 is 0 Å². The monoisotopic (exact) mass is 259 g/mol. The zero-order valence-corrected chi connectivity index (χ0v) is 11.2. The van der Waals surface area contributed by atoms with Crippen LogP contribution in [0.1, 0.15) is 5.56 Å². The number of aromatic amines is 1. The van der Waals surface area contributed by atoms with Gasteiger partial charge in [0.15, 0.2) is 0 Å². The first-order valence-corrected chi connectivity index (χ1v) is 6.97. The van der Waals surface area contributed by atoms with E-state index in [9.17, 15) is 0 Å². The van der Waals surface area contributed by atoms with Crippen molar-refractivity contribution in [3.8, 4) is 0 Å². The van der Waals surface area contributed by atoms with Crippen molar-refractivity contribution in [2.75, 3.05) is 39.3 Å². The molecule has 19 heavy (non-hydrogen) atoms. The van der Waals surface area contributed by atoms with Crippen LogP contribution >= 0.6 is 0 Å². The van der Waals surface area contributed by atoms with Gasteiger partial charge in [0.1, 0.15) is 0 Å². The molecular formula is C14H21N5. The third kappa shape index (κ3) is 3.32. The molecule has 1 aromatic heterocycles. The summed E-state index contributed by atoms with van der Waals surface area (Å²) in [6.07, 6.45) is 1.74. The van der Waals surface area contributed by atoms with Gasteiger partial charge < -0.3 is 15.6 Å². The molecule has 0 saturated carbocycles. The Kier molecular flexibility index (Phi) is 4.07. The molecule has 3 rings (SSSR count). The Bertz CT molecular complexity index is 515. The van der Waals surface area contributed by atoms with E-state index in [1.807, 2.05) is 0 Å². The van der Waals surface area contributed by atoms with Gasteiger partial charge in [-0.25, -0.2) is 4.98 Å². The molecule has 1 fully saturated rings. The SMILES string of the molecule is c1nc2ccc(CNCCN3CCNCC3)cc2[nH]1. The van der Waals surface area contributed by atoms with Gasteiger partial charge in [-0.3, -0.25) is 4.90 Å². The van der Waals surface area contributed by atoms with Gasteiger partial charge in [-0.15, -0.1) is 0 Å². The third-order valence-electron chi connectivity index (χ3n) is 3.63. The molecule has 0 bridgehead atoms. The summed E-state index contributed by atoms with van der Waals surface area (Å²) >= 11 is 0. The van der Waals surface area contributed by atoms with Crippen LogP contribution < -0.4 is 10.6 Å². The second-order valence-electron chi connectivity index (χ2n) is 5.02. The second kappa shape index (κ2) is 6.14. The van der Waals surface area contributed by atoms with Gasteiger partial charge in [0.05, 0.1) is 17.4 Å². The van der Waals surface area contributed by atoms with E-state index in [1.165, 1.54) is 18.7 Å². The van der Waals surface area contributed by atoms with Crippen molar-refractivity contribution in [3.63, 3.8) is 0 Å². The number of imidazole rings is 1. The summed E-state index contributed by atoms with van der Waals surface area (Å²) in [5.74, 6) is 0. The Balaban J connectivity index is 1.43. The summed E-state index contributed by atoms with van der Waals surface area (Å²) in [7, 11) is 0. The van der Waals surface area contributed by atoms with Crippen LogP contribution in [0.25, 0.3) is 11.0 Å². The molecule has 1 aromatic carbocycles. The van der Waals surface area contributed by atoms with Crippen molar-refractivity contribution in [3.05, 3.63) is 30.1 Å². The van der Waals surface area contributed by atoms with E-state index in [0.29, 0.717) is 0 Å². The van der Waals surface area contributed by atoms with Crippen LogP contribution in [0.3, 0.4) is 0 Å². The molecule has 1 aliphatic heterocycles. The average Bonchev–Trinajstić information content (AvgIpc) is 2.92. The zero-order chi connectivity index (χ0) is 12.9. The van der Waals surface area contributed by atoms with Crippen molar-refractivity contribution in [2.24, 2.45) is 0 Å². The molecule has 0 radical (unpaired) electrons. The predicted molar refractivity (Wildman–Crippen MR) is 77.1 cm³/mol. The number of piperazine rings is 1. The Morgan fingerprint density at radius 1 is 1.26 bits per heavy atom. The fourth-order valence-electron chi connectivity index (χ4n) is 2.50. The largest absolute Gasteiger partial charge is 0.345 e. The molecule has 5 nitrogen and oxygen atoms in total. The molecule has 0 unspecified atom stereocenters. The number of fused-ring (bicyclic) bond motifs is 1. The van der Waals surface area contributed by atoms with Gasteiger partial charge in [0, 0.05) is 45.8 Å². The molecule has 0 amide bonds. The summed E-state index contributed by atoms with van der Waals surface area (Å²) in [6, 6.07) is 6.38. The van der Waals surface area contributed by atoms with E-state index in [1.54, 1.807) is 6.33 Å². The zero-order valence-electron chi connectivity index (χ0n) is 11.2. The number of nitrogens with zero attached hydrogens (tertiary/aromatic N) is 2. The van der Waals surface area contributed by atoms with Crippen LogP contribution in [0.2, 0.25) is 0 Å². The van der Waals surface area contributed by atoms with Crippen molar-refractivity contribution in [1.29, 1.82) is 0 Å². The van der Waals surface area contributed by atoms with Crippen LogP contribution in [0, 0.1) is 0 Å². The van der Waals surface area contributed by atoms with Crippen LogP contribution in [0.15, 0.2) is 24.5 Å². The van der Waals surface area contributed by atoms with E-state index in [2.05, 4.69) is 43.7 Å². The van der Waals surface area contributed by atoms with E-state index in [4.69, 9.17) is 0 Å². The maximum atomic E-state index is 4.23. The maximum absolute atomic E-state index is 4.23. The Hall–Kier alpha value is -1.43. The fourth-order valence-corrected chi connectivity index (χ4v) is 2.50. The van der Waals surface area contributed by atoms with Crippen LogP contribution in [-0.4, -0.2) is 54.1 Å². The molecule has 1 saturated heterocycles. The summed E-state index contributed by atoms with van der Waals surface area (Å²) in [6.45, 7) is 7.67. The Morgan fingerprint density at radius 3 is 3.05 bits per heavy atom. The molecule has 2 heterocycles. The highest BCUT2D eigenvalue weighted by molar-refractivity contribution is 5.74. The minimum atomic E-state index is 0.918. The van der Waals surface area contributed by atoms with Gasteiger partial charge in [-0.1, -0.05) is 6.07 Å². The summed E-state index contributed by atoms with van der Waals surface area (Å²) in [5.41, 5.74) is 3.45. The molecule has 0 spiro atoms. The third-order valence-corrected chi connectivity index (χ3v) is 3.63. The highest BCUT2D eigenvalue weighted by Gasteiger charge is 2.08. The number of hydrogen-bond donors (Lipinski definition) is 3. The van der Waals surface area contributed by atoms with Crippen molar-refractivity contribution >= 4 is 11.0 Å². The van der Waals surface area contributed by atoms with Crippen molar-refractivity contribution in [2.45, 2.75) is 6.54 Å². The molecular weight excluding hydrogens is 238 g/mol. The van der Waals surface area contributed by atoms with Gasteiger partial charge in [0.25, 0.3) is 0 Å². The fraction of sp³-hybridized carbons (Fsp3) is 0.500. The topological polar surface area (TPSA) is 56.0 Å². The van der Waals surface area contributed by atoms with Gasteiger partial charge in [-0.05, 0) is 17.7 Å². The van der Waals surface area contributed by atoms with Gasteiger partial charge in [0.2, 0.25) is 0 Å². The first kappa shape index (κ1) is 12.6. The lowest BCUT2D eigenvalue weighted by Crippen LogP contribution is -2.45. The quantitative estimate of drug-likeness (QED) is 0.687. The normalized spacial score (nSPS) is 17.1. The minimum Gasteiger partial charge on any atom is -0.345 e. The Labute approximate surface area is 113 Å². The van der Waals surface area contributed by atoms with Gasteiger partial charge in [-0.2, -0.15) is 0 Å². The molecule has 5 heteroatoms. The smallest absolute Gasteiger partial charge is 0.0931 e. The maximum Gasteiger partial charge on any atom is 0.0931 e. The average molecular weight is 259 g/mol. The van der Waals surface area contributed by atoms with E-state index in [-0.39, 0.29) is 0 Å². The number of aromatic nitrogens is 2. The number of H-pyrrole nitrogens is 1. The van der Waals surface area contributed by atoms with Crippen molar-refractivity contribution < 1.29 is 0 Å². The molecule has 2 aromatic rings. The van der Waals surface area contributed by atoms with E-state index >= 15 is 0 Å². The first-order valence-electron chi connectivity index (χ1n) is 6.97. The molecule has 102 valence electrons. The number of nitrogens with one attached hydrogen (secondary N) is 3. The first-order chi connectivity index (χ1) is 9.42. The van der Waals surface area contributed by atoms with Crippen molar-refractivity contribution in [1.82, 2.24) is 25.5 Å². The minimum absolute atomic E-state index is 0.918. The second-order valence-corrected chi connectivity index (χ2v) is 5.02. The Morgan fingerprint density at radius 2 is 2.16 bits per heavy atom.